The van der Waals surface area contributed by atoms with E-state index in [0.717, 1.165) is 19.4 Å². The number of hydrogen-bond acceptors (Lipinski definition) is 16. The van der Waals surface area contributed by atoms with E-state index in [1.54, 1.807) is 189 Å². The summed E-state index contributed by atoms with van der Waals surface area (Å²) in [6.07, 6.45) is 20.5. The smallest absolute Gasteiger partial charge is 0.272 e. The second-order valence-electron chi connectivity index (χ2n) is 31.4. The second kappa shape index (κ2) is 40.2. The summed E-state index contributed by atoms with van der Waals surface area (Å²) in [4.78, 5) is 203. The van der Waals surface area contributed by atoms with Crippen LogP contribution in [0.3, 0.4) is 0 Å². The Hall–Kier alpha value is -13.7. The summed E-state index contributed by atoms with van der Waals surface area (Å²) in [5.41, 5.74) is 7.33. The summed E-state index contributed by atoms with van der Waals surface area (Å²) in [6, 6.07) is 14.2. The van der Waals surface area contributed by atoms with E-state index in [4.69, 9.17) is 0 Å². The van der Waals surface area contributed by atoms with Gasteiger partial charge in [-0.15, -0.1) is 0 Å². The molecular weight excluding hydrogens is 1550 g/mol. The summed E-state index contributed by atoms with van der Waals surface area (Å²) < 4.78 is 15.9. The van der Waals surface area contributed by atoms with Gasteiger partial charge >= 0.3 is 0 Å². The van der Waals surface area contributed by atoms with Crippen LogP contribution >= 0.6 is 0 Å². The van der Waals surface area contributed by atoms with Gasteiger partial charge < -0.3 is 87.8 Å². The van der Waals surface area contributed by atoms with Gasteiger partial charge in [-0.1, -0.05) is 0 Å². The number of unbranched alkanes of at least 4 members (excludes halogenated alkanes) is 1. The molecule has 121 heavy (non-hydrogen) atoms. The number of aromatic nitrogens is 11. The van der Waals surface area contributed by atoms with Crippen LogP contribution in [0.5, 0.6) is 0 Å². The molecule has 0 unspecified atom stereocenters. The van der Waals surface area contributed by atoms with Crippen LogP contribution in [0.2, 0.25) is 0 Å². The number of nitrogens with zero attached hydrogens (tertiary/aromatic N) is 11. The fraction of sp³-hybridized carbons (Fsp3) is 0.379. The maximum atomic E-state index is 13.8. The fourth-order valence-electron chi connectivity index (χ4n) is 14.7. The van der Waals surface area contributed by atoms with Gasteiger partial charge in [-0.05, 0) is 109 Å². The van der Waals surface area contributed by atoms with E-state index in [0.29, 0.717) is 105 Å². The third kappa shape index (κ3) is 24.3. The molecule has 0 radical (unpaired) electrons. The Morgan fingerprint density at radius 1 is 0.298 bits per heavy atom. The lowest BCUT2D eigenvalue weighted by atomic mass is 10.0. The number of amides is 7. The van der Waals surface area contributed by atoms with E-state index in [1.165, 1.54) is 55.9 Å². The number of carbonyl (C=O) groups is 15. The molecule has 10 heterocycles. The minimum atomic E-state index is -0.540. The van der Waals surface area contributed by atoms with Gasteiger partial charge in [-0.3, -0.25) is 71.9 Å². The molecule has 0 aliphatic heterocycles. The van der Waals surface area contributed by atoms with Crippen molar-refractivity contribution in [1.29, 1.82) is 0 Å². The van der Waals surface area contributed by atoms with Gasteiger partial charge in [0.25, 0.3) is 29.5 Å². The van der Waals surface area contributed by atoms with Crippen molar-refractivity contribution < 1.29 is 76.8 Å². The molecule has 34 nitrogen and oxygen atoms in total. The van der Waals surface area contributed by atoms with E-state index < -0.39 is 35.4 Å². The van der Waals surface area contributed by atoms with E-state index >= 15 is 0 Å². The van der Waals surface area contributed by atoms with Gasteiger partial charge in [0.05, 0.1) is 84.0 Å². The number of rotatable bonds is 45. The van der Waals surface area contributed by atoms with Crippen LogP contribution in [0.4, 0.5) is 28.4 Å². The second-order valence-corrected chi connectivity index (χ2v) is 31.4. The van der Waals surface area contributed by atoms with Crippen molar-refractivity contribution in [2.24, 2.45) is 70.5 Å². The number of imidazole rings is 1. The maximum Gasteiger partial charge on any atom is 0.272 e. The zero-order valence-electron chi connectivity index (χ0n) is 70.7. The van der Waals surface area contributed by atoms with Gasteiger partial charge in [0, 0.05) is 223 Å². The first-order chi connectivity index (χ1) is 57.4. The Bertz CT molecular complexity index is 5660. The Balaban J connectivity index is 0.598. The highest BCUT2D eigenvalue weighted by atomic mass is 16.2. The molecule has 638 valence electrons. The molecule has 0 bridgehead atoms. The third-order valence-corrected chi connectivity index (χ3v) is 20.7. The Labute approximate surface area is 699 Å². The molecule has 7 amide bonds. The van der Waals surface area contributed by atoms with Gasteiger partial charge in [0.15, 0.2) is 29.0 Å². The normalized spacial score (nSPS) is 11.3. The highest BCUT2D eigenvalue weighted by molar-refractivity contribution is 6.09. The minimum Gasteiger partial charge on any atom is -0.351 e. The average molecular weight is 1660 g/mol. The standard InChI is InChI=1S/C87H105N19O15/c1-53(107)90-59-38-73(103(10)47-59)85(119)93-62-41-72(102(9)50-62)84(118)89-27-25-81(116)91-60-39-74(104(11)48-60)86(120)95-63-42-75(105(12)51-63)87(121)94-61-40-71(101(8)49-61)83(117)88-26-18-22-65(109)29-54-30-69(99(6)43-54)78(113)35-56-33-70(100(7)45-56)79(114)34-55-31-67(97(4)44-55)77(112)24-17-21-66(110)37-58-52-106(13)82(92-58)80(115)36-57-32-68(98(5)46-57)76(111)23-16-20-64(108)19-14-15-28-96(2)3/h30-33,38-52H,14-29,34-37H2,1-13H3,(H,88,117)(H,89,118)(H,90,107)(H,91,116)(H,93,119)(H,94,121)(H,95,120)/p+1. The molecule has 0 aliphatic rings. The zero-order chi connectivity index (χ0) is 87.8. The molecule has 0 aromatic carbocycles. The van der Waals surface area contributed by atoms with Crippen molar-refractivity contribution in [1.82, 2.24) is 61.3 Å². The lowest BCUT2D eigenvalue weighted by molar-refractivity contribution is -0.858. The molecule has 0 spiro atoms. The lowest BCUT2D eigenvalue weighted by Crippen LogP contribution is -3.05. The average Bonchev–Trinajstić information content (AvgIpc) is 1.68. The number of quaternary nitrogens is 1. The van der Waals surface area contributed by atoms with Crippen LogP contribution in [0, 0.1) is 0 Å². The number of nitrogens with one attached hydrogen (secondary N) is 8. The predicted octanol–water partition coefficient (Wildman–Crippen LogP) is 6.94. The van der Waals surface area contributed by atoms with Gasteiger partial charge in [-0.25, -0.2) is 4.98 Å². The molecule has 0 aliphatic carbocycles. The molecular formula is C87H106N19O15+. The molecule has 10 rings (SSSR count). The molecule has 10 aromatic heterocycles. The summed E-state index contributed by atoms with van der Waals surface area (Å²) in [6.45, 7) is 2.50. The van der Waals surface area contributed by atoms with Crippen LogP contribution in [-0.4, -0.2) is 172 Å². The quantitative estimate of drug-likeness (QED) is 0.0141. The number of ketones is 8. The predicted molar refractivity (Wildman–Crippen MR) is 452 cm³/mol. The molecule has 34 heteroatoms. The Morgan fingerprint density at radius 2 is 0.636 bits per heavy atom. The van der Waals surface area contributed by atoms with Gasteiger partial charge in [0.2, 0.25) is 17.6 Å². The third-order valence-electron chi connectivity index (χ3n) is 20.7. The largest absolute Gasteiger partial charge is 0.351 e. The Morgan fingerprint density at radius 3 is 1.06 bits per heavy atom. The van der Waals surface area contributed by atoms with Crippen molar-refractivity contribution in [3.63, 3.8) is 0 Å². The van der Waals surface area contributed by atoms with Crippen LogP contribution in [-0.2, 0) is 127 Å². The van der Waals surface area contributed by atoms with Crippen LogP contribution in [0.15, 0.2) is 117 Å². The number of carbonyl (C=O) groups excluding carboxylic acids is 15. The van der Waals surface area contributed by atoms with Crippen LogP contribution in [0.25, 0.3) is 0 Å². The van der Waals surface area contributed by atoms with Crippen molar-refractivity contribution in [3.05, 3.63) is 202 Å². The molecule has 0 atom stereocenters. The van der Waals surface area contributed by atoms with E-state index in [9.17, 15) is 71.9 Å². The first kappa shape index (κ1) is 89.7. The zero-order valence-corrected chi connectivity index (χ0v) is 70.7. The highest BCUT2D eigenvalue weighted by Crippen LogP contribution is 2.25. The maximum absolute atomic E-state index is 13.8. The topological polar surface area (TPSA) is 407 Å². The molecule has 0 saturated heterocycles. The number of Topliss-reactive ketones (excluding diaryl/α,β-unsaturated/α-hetero) is 8. The van der Waals surface area contributed by atoms with Crippen molar-refractivity contribution in [2.45, 2.75) is 116 Å². The Kier molecular flexibility index (Phi) is 29.8. The summed E-state index contributed by atoms with van der Waals surface area (Å²) in [5.74, 6) is -4.15. The van der Waals surface area contributed by atoms with E-state index in [1.807, 2.05) is 0 Å². The van der Waals surface area contributed by atoms with Gasteiger partial charge in [0.1, 0.15) is 45.8 Å². The van der Waals surface area contributed by atoms with E-state index in [-0.39, 0.29) is 170 Å². The summed E-state index contributed by atoms with van der Waals surface area (Å²) in [5, 5.41) is 19.2. The monoisotopic (exact) mass is 1660 g/mol. The molecule has 0 fully saturated rings. The molecule has 10 aromatic rings. The summed E-state index contributed by atoms with van der Waals surface area (Å²) >= 11 is 0. The molecule has 8 N–H and O–H groups in total. The van der Waals surface area contributed by atoms with E-state index in [2.05, 4.69) is 56.3 Å². The number of anilines is 5. The minimum absolute atomic E-state index is 0.00320. The van der Waals surface area contributed by atoms with Crippen molar-refractivity contribution in [3.8, 4) is 0 Å². The van der Waals surface area contributed by atoms with Crippen molar-refractivity contribution in [2.75, 3.05) is 60.3 Å². The first-order valence-electron chi connectivity index (χ1n) is 40.0. The van der Waals surface area contributed by atoms with Crippen LogP contribution in [0.1, 0.15) is 217 Å². The highest BCUT2D eigenvalue weighted by Gasteiger charge is 2.26. The fourth-order valence-corrected chi connectivity index (χ4v) is 14.7. The number of hydrogen-bond donors (Lipinski definition) is 8. The summed E-state index contributed by atoms with van der Waals surface area (Å²) in [7, 11) is 20.9. The molecule has 0 saturated carbocycles. The first-order valence-corrected chi connectivity index (χ1v) is 40.0. The van der Waals surface area contributed by atoms with Crippen molar-refractivity contribution >= 4 is 116 Å². The SMILES string of the molecule is CC(=O)Nc1cc(C(=O)Nc2cc(C(=O)NCCC(=O)Nc3cc(C(=O)Nc4cc(C(=O)Nc5cc(C(=O)NCCCC(=O)Cc6cc(C(=O)Cc7cc(C(=O)Cc8cc(C(=O)CCCC(=O)Cc9cn(C)c(C(=O)Cc%10cc(C(=O)CCCC(=O)CCCC[NH+](C)C)n(C)c%10)n9)n(C)c8)n(C)c7)n(C)c6)n(C)c5)n(C)c4)n(C)c3)n(C)c2)n(C)c1. The van der Waals surface area contributed by atoms with Gasteiger partial charge in [-0.2, -0.15) is 0 Å². The number of aryl methyl sites for hydroxylation is 10. The van der Waals surface area contributed by atoms with Crippen LogP contribution < -0.4 is 42.1 Å². The lowest BCUT2D eigenvalue weighted by Gasteiger charge is -2.06.